The molecular formula is C27H21N3O5. The maximum Gasteiger partial charge on any atom is 0.261 e. The van der Waals surface area contributed by atoms with Crippen molar-refractivity contribution in [2.75, 3.05) is 18.5 Å². The molecule has 3 heterocycles. The molecule has 3 aromatic carbocycles. The highest BCUT2D eigenvalue weighted by atomic mass is 16.5. The Bertz CT molecular complexity index is 1470. The molecule has 1 aromatic heterocycles. The van der Waals surface area contributed by atoms with E-state index in [4.69, 9.17) is 9.15 Å². The van der Waals surface area contributed by atoms with Crippen molar-refractivity contribution in [3.63, 3.8) is 0 Å². The third kappa shape index (κ3) is 3.87. The van der Waals surface area contributed by atoms with Crippen LogP contribution in [-0.2, 0) is 4.74 Å². The van der Waals surface area contributed by atoms with Crippen LogP contribution >= 0.6 is 0 Å². The summed E-state index contributed by atoms with van der Waals surface area (Å²) in [6.07, 6.45) is 1.61. The molecule has 0 spiro atoms. The van der Waals surface area contributed by atoms with Crippen molar-refractivity contribution in [1.29, 1.82) is 0 Å². The number of hydrogen-bond donors (Lipinski definition) is 1. The number of carbonyl (C=O) groups is 3. The van der Waals surface area contributed by atoms with Gasteiger partial charge in [0.1, 0.15) is 5.52 Å². The minimum absolute atomic E-state index is 0.131. The van der Waals surface area contributed by atoms with Crippen molar-refractivity contribution >= 4 is 34.5 Å². The van der Waals surface area contributed by atoms with Gasteiger partial charge in [0, 0.05) is 23.4 Å². The number of hydrogen-bond acceptors (Lipinski definition) is 6. The van der Waals surface area contributed by atoms with E-state index in [2.05, 4.69) is 10.3 Å². The molecular weight excluding hydrogens is 446 g/mol. The Kier molecular flexibility index (Phi) is 5.15. The summed E-state index contributed by atoms with van der Waals surface area (Å²) in [6, 6.07) is 19.3. The van der Waals surface area contributed by atoms with Crippen LogP contribution in [0.3, 0.4) is 0 Å². The molecule has 1 saturated heterocycles. The van der Waals surface area contributed by atoms with E-state index in [1.807, 2.05) is 30.3 Å². The highest BCUT2D eigenvalue weighted by Crippen LogP contribution is 2.28. The fraction of sp³-hybridized carbons (Fsp3) is 0.185. The van der Waals surface area contributed by atoms with Crippen LogP contribution in [0.4, 0.5) is 5.69 Å². The molecule has 3 amide bonds. The number of benzene rings is 3. The van der Waals surface area contributed by atoms with E-state index >= 15 is 0 Å². The number of nitrogens with one attached hydrogen (secondary N) is 1. The fourth-order valence-corrected chi connectivity index (χ4v) is 4.50. The normalized spacial score (nSPS) is 17.3. The summed E-state index contributed by atoms with van der Waals surface area (Å²) in [7, 11) is 0. The number of anilines is 1. The van der Waals surface area contributed by atoms with Crippen LogP contribution in [0.25, 0.3) is 22.6 Å². The van der Waals surface area contributed by atoms with Crippen LogP contribution in [0.1, 0.15) is 43.9 Å². The average Bonchev–Trinajstić information content (AvgIpc) is 3.60. The van der Waals surface area contributed by atoms with Gasteiger partial charge in [-0.1, -0.05) is 18.2 Å². The topological polar surface area (TPSA) is 102 Å². The first-order valence-electron chi connectivity index (χ1n) is 11.5. The Balaban J connectivity index is 1.21. The number of ether oxygens (including phenoxy) is 1. The predicted octanol–water partition coefficient (Wildman–Crippen LogP) is 4.52. The zero-order valence-corrected chi connectivity index (χ0v) is 18.7. The second-order valence-electron chi connectivity index (χ2n) is 8.64. The van der Waals surface area contributed by atoms with Crippen LogP contribution in [0.5, 0.6) is 0 Å². The van der Waals surface area contributed by atoms with Gasteiger partial charge in [-0.3, -0.25) is 19.3 Å². The van der Waals surface area contributed by atoms with Gasteiger partial charge in [-0.05, 0) is 61.4 Å². The summed E-state index contributed by atoms with van der Waals surface area (Å²) in [5, 5.41) is 2.84. The fourth-order valence-electron chi connectivity index (χ4n) is 4.50. The van der Waals surface area contributed by atoms with Gasteiger partial charge in [0.15, 0.2) is 5.58 Å². The number of aromatic nitrogens is 1. The number of amides is 3. The zero-order valence-electron chi connectivity index (χ0n) is 18.7. The molecule has 1 fully saturated rings. The maximum absolute atomic E-state index is 12.9. The lowest BCUT2D eigenvalue weighted by atomic mass is 10.1. The van der Waals surface area contributed by atoms with Gasteiger partial charge >= 0.3 is 0 Å². The van der Waals surface area contributed by atoms with Crippen LogP contribution in [0, 0.1) is 0 Å². The van der Waals surface area contributed by atoms with Gasteiger partial charge in [0.25, 0.3) is 17.7 Å². The highest BCUT2D eigenvalue weighted by molar-refractivity contribution is 6.22. The van der Waals surface area contributed by atoms with Crippen molar-refractivity contribution in [1.82, 2.24) is 9.88 Å². The van der Waals surface area contributed by atoms with Gasteiger partial charge in [0.05, 0.1) is 23.8 Å². The van der Waals surface area contributed by atoms with Crippen LogP contribution in [0.2, 0.25) is 0 Å². The van der Waals surface area contributed by atoms with Gasteiger partial charge in [-0.25, -0.2) is 4.98 Å². The van der Waals surface area contributed by atoms with Gasteiger partial charge in [-0.15, -0.1) is 0 Å². The second kappa shape index (κ2) is 8.48. The van der Waals surface area contributed by atoms with Gasteiger partial charge in [-0.2, -0.15) is 0 Å². The smallest absolute Gasteiger partial charge is 0.261 e. The molecule has 4 aromatic rings. The molecule has 0 bridgehead atoms. The maximum atomic E-state index is 12.9. The van der Waals surface area contributed by atoms with Gasteiger partial charge < -0.3 is 14.5 Å². The monoisotopic (exact) mass is 467 g/mol. The molecule has 2 aliphatic rings. The van der Waals surface area contributed by atoms with E-state index in [1.165, 1.54) is 17.0 Å². The number of carbonyl (C=O) groups excluding carboxylic acids is 3. The number of oxazole rings is 1. The summed E-state index contributed by atoms with van der Waals surface area (Å²) in [5.41, 5.74) is 3.45. The third-order valence-corrected chi connectivity index (χ3v) is 6.31. The molecule has 0 radical (unpaired) electrons. The molecule has 2 aliphatic heterocycles. The van der Waals surface area contributed by atoms with E-state index in [0.717, 1.165) is 18.4 Å². The first-order valence-corrected chi connectivity index (χ1v) is 11.5. The Morgan fingerprint density at radius 1 is 1.00 bits per heavy atom. The summed E-state index contributed by atoms with van der Waals surface area (Å²) < 4.78 is 11.4. The van der Waals surface area contributed by atoms with Crippen molar-refractivity contribution in [2.45, 2.75) is 18.9 Å². The Morgan fingerprint density at radius 3 is 2.63 bits per heavy atom. The van der Waals surface area contributed by atoms with E-state index in [9.17, 15) is 14.4 Å². The van der Waals surface area contributed by atoms with Crippen LogP contribution in [-0.4, -0.2) is 46.9 Å². The lowest BCUT2D eigenvalue weighted by molar-refractivity contribution is 0.0475. The lowest BCUT2D eigenvalue weighted by Gasteiger charge is -2.17. The zero-order chi connectivity index (χ0) is 23.9. The molecule has 8 heteroatoms. The molecule has 1 unspecified atom stereocenters. The SMILES string of the molecule is O=C(Nc1ccc2oc(-c3ccccc3)nc2c1)c1ccc2c(c1)C(=O)N(CC1CCCO1)C2=O. The summed E-state index contributed by atoms with van der Waals surface area (Å²) in [6.45, 7) is 0.877. The third-order valence-electron chi connectivity index (χ3n) is 6.31. The molecule has 35 heavy (non-hydrogen) atoms. The van der Waals surface area contributed by atoms with Gasteiger partial charge in [0.2, 0.25) is 5.89 Å². The minimum Gasteiger partial charge on any atom is -0.436 e. The standard InChI is InChI=1S/C27H21N3O5/c31-24(28-18-9-11-23-22(14-18)29-25(35-23)16-5-2-1-3-6-16)17-8-10-20-21(13-17)27(33)30(26(20)32)15-19-7-4-12-34-19/h1-3,5-6,8-11,13-14,19H,4,7,12,15H2,(H,28,31). The van der Waals surface area contributed by atoms with Crippen LogP contribution in [0.15, 0.2) is 71.1 Å². The Morgan fingerprint density at radius 2 is 1.83 bits per heavy atom. The molecule has 1 N–H and O–H groups in total. The van der Waals surface area contributed by atoms with Crippen molar-refractivity contribution < 1.29 is 23.5 Å². The predicted molar refractivity (Wildman–Crippen MR) is 128 cm³/mol. The summed E-state index contributed by atoms with van der Waals surface area (Å²) in [4.78, 5) is 44.3. The minimum atomic E-state index is -0.396. The molecule has 0 saturated carbocycles. The molecule has 1 atom stereocenters. The number of nitrogens with zero attached hydrogens (tertiary/aromatic N) is 2. The molecule has 6 rings (SSSR count). The van der Waals surface area contributed by atoms with E-state index in [1.54, 1.807) is 24.3 Å². The highest BCUT2D eigenvalue weighted by Gasteiger charge is 2.38. The van der Waals surface area contributed by atoms with E-state index < -0.39 is 11.8 Å². The van der Waals surface area contributed by atoms with E-state index in [-0.39, 0.29) is 29.7 Å². The van der Waals surface area contributed by atoms with Crippen LogP contribution < -0.4 is 5.32 Å². The first-order chi connectivity index (χ1) is 17.1. The Labute approximate surface area is 200 Å². The second-order valence-corrected chi connectivity index (χ2v) is 8.64. The van der Waals surface area contributed by atoms with Crippen molar-refractivity contribution in [2.24, 2.45) is 0 Å². The molecule has 0 aliphatic carbocycles. The average molecular weight is 467 g/mol. The lowest BCUT2D eigenvalue weighted by Crippen LogP contribution is -2.36. The molecule has 8 nitrogen and oxygen atoms in total. The quantitative estimate of drug-likeness (QED) is 0.433. The van der Waals surface area contributed by atoms with Crippen molar-refractivity contribution in [3.05, 3.63) is 83.4 Å². The van der Waals surface area contributed by atoms with Crippen molar-refractivity contribution in [3.8, 4) is 11.5 Å². The number of rotatable bonds is 5. The number of imide groups is 1. The largest absolute Gasteiger partial charge is 0.436 e. The number of fused-ring (bicyclic) bond motifs is 2. The summed E-state index contributed by atoms with van der Waals surface area (Å²) >= 11 is 0. The Hall–Kier alpha value is -4.30. The van der Waals surface area contributed by atoms with E-state index in [0.29, 0.717) is 34.8 Å². The first kappa shape index (κ1) is 21.2. The molecule has 174 valence electrons. The summed E-state index contributed by atoms with van der Waals surface area (Å²) in [5.74, 6) is -0.638.